The lowest BCUT2D eigenvalue weighted by molar-refractivity contribution is 0.483. The molecule has 22 heavy (non-hydrogen) atoms. The van der Waals surface area contributed by atoms with Gasteiger partial charge in [-0.25, -0.2) is 4.39 Å². The number of nitrogens with two attached hydrogens (primary N) is 2. The van der Waals surface area contributed by atoms with Crippen LogP contribution in [-0.2, 0) is 0 Å². The van der Waals surface area contributed by atoms with E-state index in [2.05, 4.69) is 13.5 Å². The number of hydrogen-bond acceptors (Lipinski definition) is 2. The highest BCUT2D eigenvalue weighted by molar-refractivity contribution is 5.68. The van der Waals surface area contributed by atoms with E-state index in [0.29, 0.717) is 11.3 Å². The Balaban J connectivity index is 0.000000847. The van der Waals surface area contributed by atoms with Gasteiger partial charge in [-0.15, -0.1) is 0 Å². The standard InChI is InChI=1S/C17H19FN2.C2H6/c1-10-11-7-8-17(10,2)16(20)13(11)9-15(19)12-5-3-4-6-14(12)18;1-2/h3-6,9,11H,1,7-8,19-20H2,2H3;1-2H3/b15-9-;/t11-,17+;/m0./s1. The highest BCUT2D eigenvalue weighted by atomic mass is 19.1. The highest BCUT2D eigenvalue weighted by Crippen LogP contribution is 2.58. The number of rotatable bonds is 2. The predicted molar refractivity (Wildman–Crippen MR) is 91.1 cm³/mol. The van der Waals surface area contributed by atoms with E-state index in [1.165, 1.54) is 11.6 Å². The molecule has 1 aromatic rings. The van der Waals surface area contributed by atoms with Crippen molar-refractivity contribution < 1.29 is 4.39 Å². The Morgan fingerprint density at radius 2 is 2.00 bits per heavy atom. The van der Waals surface area contributed by atoms with Crippen LogP contribution in [0.5, 0.6) is 0 Å². The Labute approximate surface area is 132 Å². The molecular formula is C19H25FN2. The van der Waals surface area contributed by atoms with Crippen molar-refractivity contribution in [3.8, 4) is 0 Å². The maximum Gasteiger partial charge on any atom is 0.132 e. The molecule has 2 nitrogen and oxygen atoms in total. The first-order valence-corrected chi connectivity index (χ1v) is 7.86. The maximum atomic E-state index is 13.8. The fraction of sp³-hybridized carbons (Fsp3) is 0.368. The van der Waals surface area contributed by atoms with Crippen LogP contribution in [0, 0.1) is 17.2 Å². The van der Waals surface area contributed by atoms with E-state index < -0.39 is 0 Å². The van der Waals surface area contributed by atoms with Crippen LogP contribution in [0.3, 0.4) is 0 Å². The summed E-state index contributed by atoms with van der Waals surface area (Å²) in [5.74, 6) is -0.0426. The fourth-order valence-corrected chi connectivity index (χ4v) is 3.43. The SMILES string of the molecule is C=C1[C@@H]2CC[C@@]1(C)C(N)=C2/C=C(\N)c1ccccc1F.CC. The minimum atomic E-state index is -0.311. The summed E-state index contributed by atoms with van der Waals surface area (Å²) in [6.45, 7) is 10.3. The average Bonchev–Trinajstić information content (AvgIpc) is 2.90. The molecule has 2 atom stereocenters. The lowest BCUT2D eigenvalue weighted by Crippen LogP contribution is -2.21. The van der Waals surface area contributed by atoms with Crippen molar-refractivity contribution in [2.75, 3.05) is 0 Å². The van der Waals surface area contributed by atoms with Gasteiger partial charge in [0.15, 0.2) is 0 Å². The molecule has 0 heterocycles. The van der Waals surface area contributed by atoms with Gasteiger partial charge in [0.1, 0.15) is 5.82 Å². The van der Waals surface area contributed by atoms with Crippen LogP contribution in [0.4, 0.5) is 4.39 Å². The van der Waals surface area contributed by atoms with Gasteiger partial charge in [0.25, 0.3) is 0 Å². The summed E-state index contributed by atoms with van der Waals surface area (Å²) < 4.78 is 13.8. The van der Waals surface area contributed by atoms with Crippen LogP contribution in [0.25, 0.3) is 5.70 Å². The Hall–Kier alpha value is -2.03. The molecule has 0 radical (unpaired) electrons. The first-order chi connectivity index (χ1) is 10.4. The van der Waals surface area contributed by atoms with Crippen molar-refractivity contribution in [3.63, 3.8) is 0 Å². The molecule has 1 saturated carbocycles. The summed E-state index contributed by atoms with van der Waals surface area (Å²) in [6, 6.07) is 6.52. The van der Waals surface area contributed by atoms with Gasteiger partial charge in [0.2, 0.25) is 0 Å². The van der Waals surface area contributed by atoms with Crippen LogP contribution in [0.15, 0.2) is 53.8 Å². The third-order valence-electron chi connectivity index (χ3n) is 4.84. The molecule has 0 unspecified atom stereocenters. The smallest absolute Gasteiger partial charge is 0.132 e. The zero-order chi connectivity index (χ0) is 16.5. The van der Waals surface area contributed by atoms with Gasteiger partial charge in [-0.1, -0.05) is 45.1 Å². The highest BCUT2D eigenvalue weighted by Gasteiger charge is 2.49. The molecule has 2 bridgehead atoms. The second-order valence-electron chi connectivity index (χ2n) is 5.90. The van der Waals surface area contributed by atoms with Gasteiger partial charge < -0.3 is 11.5 Å². The Kier molecular flexibility index (Phi) is 4.45. The molecule has 3 rings (SSSR count). The minimum Gasteiger partial charge on any atom is -0.401 e. The molecule has 2 aliphatic rings. The predicted octanol–water partition coefficient (Wildman–Crippen LogP) is 4.35. The van der Waals surface area contributed by atoms with Crippen LogP contribution in [0.2, 0.25) is 0 Å². The second kappa shape index (κ2) is 5.99. The molecule has 3 heteroatoms. The molecule has 2 aliphatic carbocycles. The van der Waals surface area contributed by atoms with Crippen molar-refractivity contribution in [2.45, 2.75) is 33.6 Å². The number of benzene rings is 1. The third kappa shape index (κ3) is 2.35. The summed E-state index contributed by atoms with van der Waals surface area (Å²) >= 11 is 0. The quantitative estimate of drug-likeness (QED) is 0.798. The summed E-state index contributed by atoms with van der Waals surface area (Å²) in [5, 5.41) is 0. The minimum absolute atomic E-state index is 0.105. The van der Waals surface area contributed by atoms with Crippen molar-refractivity contribution in [1.29, 1.82) is 0 Å². The molecule has 0 amide bonds. The van der Waals surface area contributed by atoms with Crippen LogP contribution < -0.4 is 11.5 Å². The van der Waals surface area contributed by atoms with Gasteiger partial charge in [0.05, 0.1) is 0 Å². The third-order valence-corrected chi connectivity index (χ3v) is 4.84. The average molecular weight is 300 g/mol. The van der Waals surface area contributed by atoms with Gasteiger partial charge >= 0.3 is 0 Å². The van der Waals surface area contributed by atoms with E-state index in [9.17, 15) is 4.39 Å². The number of halogens is 1. The normalized spacial score (nSPS) is 27.0. The van der Waals surface area contributed by atoms with E-state index in [0.717, 1.165) is 24.1 Å². The van der Waals surface area contributed by atoms with Gasteiger partial charge in [-0.3, -0.25) is 0 Å². The largest absolute Gasteiger partial charge is 0.401 e. The van der Waals surface area contributed by atoms with E-state index in [4.69, 9.17) is 11.5 Å². The molecule has 0 spiro atoms. The van der Waals surface area contributed by atoms with E-state index in [1.54, 1.807) is 18.2 Å². The van der Waals surface area contributed by atoms with Crippen molar-refractivity contribution in [1.82, 2.24) is 0 Å². The van der Waals surface area contributed by atoms with Crippen LogP contribution >= 0.6 is 0 Å². The van der Waals surface area contributed by atoms with Gasteiger partial charge in [-0.2, -0.15) is 0 Å². The second-order valence-corrected chi connectivity index (χ2v) is 5.90. The summed E-state index contributed by atoms with van der Waals surface area (Å²) in [4.78, 5) is 0. The van der Waals surface area contributed by atoms with Gasteiger partial charge in [-0.05, 0) is 36.6 Å². The van der Waals surface area contributed by atoms with Crippen molar-refractivity contribution in [2.24, 2.45) is 22.8 Å². The summed E-state index contributed by atoms with van der Waals surface area (Å²) in [5.41, 5.74) is 16.1. The number of allylic oxidation sites excluding steroid dienone is 3. The number of hydrogen-bond donors (Lipinski definition) is 2. The van der Waals surface area contributed by atoms with E-state index in [-0.39, 0.29) is 17.2 Å². The molecule has 4 N–H and O–H groups in total. The Bertz CT molecular complexity index is 657. The molecule has 0 aromatic heterocycles. The topological polar surface area (TPSA) is 52.0 Å². The Morgan fingerprint density at radius 1 is 1.36 bits per heavy atom. The molecule has 0 aliphatic heterocycles. The zero-order valence-electron chi connectivity index (χ0n) is 13.6. The monoisotopic (exact) mass is 300 g/mol. The van der Waals surface area contributed by atoms with Crippen LogP contribution in [0.1, 0.15) is 39.2 Å². The van der Waals surface area contributed by atoms with Crippen molar-refractivity contribution in [3.05, 3.63) is 65.1 Å². The molecule has 118 valence electrons. The fourth-order valence-electron chi connectivity index (χ4n) is 3.43. The molecule has 1 aromatic carbocycles. The van der Waals surface area contributed by atoms with E-state index in [1.807, 2.05) is 19.9 Å². The maximum absolute atomic E-state index is 13.8. The first-order valence-electron chi connectivity index (χ1n) is 7.86. The summed E-state index contributed by atoms with van der Waals surface area (Å²) in [6.07, 6.45) is 3.92. The summed E-state index contributed by atoms with van der Waals surface area (Å²) in [7, 11) is 0. The zero-order valence-corrected chi connectivity index (χ0v) is 13.6. The molecular weight excluding hydrogens is 275 g/mol. The first kappa shape index (κ1) is 16.3. The Morgan fingerprint density at radius 3 is 2.55 bits per heavy atom. The lowest BCUT2D eigenvalue weighted by atomic mass is 9.84. The van der Waals surface area contributed by atoms with Crippen LogP contribution in [-0.4, -0.2) is 0 Å². The molecule has 1 fully saturated rings. The van der Waals surface area contributed by atoms with Gasteiger partial charge in [0, 0.05) is 28.3 Å². The van der Waals surface area contributed by atoms with E-state index >= 15 is 0 Å². The number of fused-ring (bicyclic) bond motifs is 2. The van der Waals surface area contributed by atoms with Crippen molar-refractivity contribution >= 4 is 5.70 Å². The molecule has 0 saturated heterocycles. The lowest BCUT2D eigenvalue weighted by Gasteiger charge is -2.23.